The number of hydrogen-bond donors (Lipinski definition) is 3. The number of aryl methyl sites for hydroxylation is 1. The van der Waals surface area contributed by atoms with Crippen LogP contribution >= 0.6 is 0 Å². The molecule has 1 aromatic carbocycles. The van der Waals surface area contributed by atoms with Crippen molar-refractivity contribution in [3.63, 3.8) is 0 Å². The second kappa shape index (κ2) is 9.05. The number of anilines is 1. The topological polar surface area (TPSA) is 117 Å². The van der Waals surface area contributed by atoms with Gasteiger partial charge in [0.1, 0.15) is 11.4 Å². The zero-order chi connectivity index (χ0) is 24.6. The van der Waals surface area contributed by atoms with Gasteiger partial charge in [-0.1, -0.05) is 13.0 Å². The van der Waals surface area contributed by atoms with Gasteiger partial charge in [-0.25, -0.2) is 8.42 Å². The third kappa shape index (κ3) is 4.68. The quantitative estimate of drug-likeness (QED) is 0.524. The number of hydrogen-bond acceptors (Lipinski definition) is 5. The average Bonchev–Trinajstić information content (AvgIpc) is 3.05. The molecule has 9 heteroatoms. The lowest BCUT2D eigenvalue weighted by Crippen LogP contribution is -2.48. The highest BCUT2D eigenvalue weighted by molar-refractivity contribution is 7.94. The van der Waals surface area contributed by atoms with E-state index in [2.05, 4.69) is 15.0 Å². The van der Waals surface area contributed by atoms with Gasteiger partial charge in [-0.3, -0.25) is 14.3 Å². The molecule has 3 N–H and O–H groups in total. The minimum absolute atomic E-state index is 0.116. The summed E-state index contributed by atoms with van der Waals surface area (Å²) in [7, 11) is -2.25. The molecule has 1 aromatic heterocycles. The highest BCUT2D eigenvalue weighted by Crippen LogP contribution is 2.39. The molecule has 0 fully saturated rings. The molecule has 2 aromatic rings. The van der Waals surface area contributed by atoms with Gasteiger partial charge < -0.3 is 15.0 Å². The number of ketones is 1. The van der Waals surface area contributed by atoms with Gasteiger partial charge in [0.05, 0.1) is 11.9 Å². The highest BCUT2D eigenvalue weighted by Gasteiger charge is 2.46. The fourth-order valence-electron chi connectivity index (χ4n) is 4.29. The van der Waals surface area contributed by atoms with Crippen LogP contribution < -0.4 is 14.8 Å². The number of ether oxygens (including phenoxy) is 1. The number of amides is 1. The molecule has 3 rings (SSSR count). The summed E-state index contributed by atoms with van der Waals surface area (Å²) in [4.78, 5) is 27.8. The van der Waals surface area contributed by atoms with Gasteiger partial charge in [0, 0.05) is 29.1 Å². The first kappa shape index (κ1) is 24.6. The Kier molecular flexibility index (Phi) is 6.74. The largest absolute Gasteiger partial charge is 0.497 e. The third-order valence-electron chi connectivity index (χ3n) is 6.55. The Balaban J connectivity index is 1.81. The maximum atomic E-state index is 13.4. The van der Waals surface area contributed by atoms with Crippen LogP contribution in [-0.4, -0.2) is 36.9 Å². The van der Waals surface area contributed by atoms with Crippen LogP contribution in [0.3, 0.4) is 0 Å². The number of aromatic amines is 1. The van der Waals surface area contributed by atoms with Crippen molar-refractivity contribution in [1.29, 1.82) is 0 Å². The van der Waals surface area contributed by atoms with E-state index in [-0.39, 0.29) is 18.1 Å². The minimum atomic E-state index is -3.80. The highest BCUT2D eigenvalue weighted by atomic mass is 32.2. The van der Waals surface area contributed by atoms with E-state index in [4.69, 9.17) is 4.74 Å². The molecule has 0 saturated heterocycles. The van der Waals surface area contributed by atoms with Crippen molar-refractivity contribution in [1.82, 2.24) is 10.3 Å². The van der Waals surface area contributed by atoms with Gasteiger partial charge in [-0.2, -0.15) is 0 Å². The van der Waals surface area contributed by atoms with Crippen LogP contribution in [0.4, 0.5) is 5.69 Å². The number of sulfonamides is 1. The number of benzene rings is 1. The Bertz CT molecular complexity index is 1210. The van der Waals surface area contributed by atoms with E-state index < -0.39 is 20.7 Å². The number of carbonyl (C=O) groups excluding carboxylic acids is 2. The molecule has 0 bridgehead atoms. The number of Topliss-reactive ketones (excluding diaryl/α,β-unsaturated/α-hetero) is 1. The summed E-state index contributed by atoms with van der Waals surface area (Å²) >= 11 is 0. The average molecular weight is 474 g/mol. The summed E-state index contributed by atoms with van der Waals surface area (Å²) < 4.78 is 33.5. The van der Waals surface area contributed by atoms with Crippen LogP contribution in [0.1, 0.15) is 65.7 Å². The summed E-state index contributed by atoms with van der Waals surface area (Å²) in [6, 6.07) is 6.67. The van der Waals surface area contributed by atoms with Gasteiger partial charge in [0.2, 0.25) is 10.0 Å². The minimum Gasteiger partial charge on any atom is -0.497 e. The smallest absolute Gasteiger partial charge is 0.272 e. The van der Waals surface area contributed by atoms with Crippen LogP contribution in [-0.2, 0) is 10.0 Å². The van der Waals surface area contributed by atoms with Crippen molar-refractivity contribution < 1.29 is 22.7 Å². The molecule has 1 amide bonds. The Morgan fingerprint density at radius 2 is 1.82 bits per heavy atom. The number of nitrogens with one attached hydrogen (secondary N) is 3. The van der Waals surface area contributed by atoms with Gasteiger partial charge in [0.25, 0.3) is 5.91 Å². The number of carbonyl (C=O) groups is 2. The van der Waals surface area contributed by atoms with Gasteiger partial charge in [-0.05, 0) is 69.9 Å². The molecule has 178 valence electrons. The number of H-pyrrole nitrogens is 1. The van der Waals surface area contributed by atoms with Crippen molar-refractivity contribution in [2.24, 2.45) is 5.92 Å². The fourth-order valence-corrected chi connectivity index (χ4v) is 5.94. The lowest BCUT2D eigenvalue weighted by molar-refractivity contribution is 0.0957. The maximum absolute atomic E-state index is 13.4. The third-order valence-corrected chi connectivity index (χ3v) is 8.83. The molecule has 0 aliphatic heterocycles. The van der Waals surface area contributed by atoms with Crippen molar-refractivity contribution in [2.75, 3.05) is 11.8 Å². The summed E-state index contributed by atoms with van der Waals surface area (Å²) in [5, 5.41) is 2.85. The Morgan fingerprint density at radius 3 is 2.36 bits per heavy atom. The van der Waals surface area contributed by atoms with Gasteiger partial charge >= 0.3 is 0 Å². The summed E-state index contributed by atoms with van der Waals surface area (Å²) in [5.41, 5.74) is 3.00. The van der Waals surface area contributed by atoms with Crippen LogP contribution in [0.25, 0.3) is 0 Å². The first-order valence-corrected chi connectivity index (χ1v) is 12.2. The number of rotatable bonds is 7. The predicted octanol–water partition coefficient (Wildman–Crippen LogP) is 4.09. The monoisotopic (exact) mass is 473 g/mol. The molecule has 2 atom stereocenters. The fraction of sp³-hybridized carbons (Fsp3) is 0.417. The number of allylic oxidation sites excluding steroid dienone is 2. The number of methoxy groups -OCH3 is 1. The molecule has 1 aliphatic carbocycles. The van der Waals surface area contributed by atoms with Crippen molar-refractivity contribution in [3.8, 4) is 5.75 Å². The molecule has 33 heavy (non-hydrogen) atoms. The molecule has 0 radical (unpaired) electrons. The van der Waals surface area contributed by atoms with E-state index in [1.165, 1.54) is 6.92 Å². The van der Waals surface area contributed by atoms with E-state index in [0.29, 0.717) is 46.1 Å². The molecule has 1 heterocycles. The summed E-state index contributed by atoms with van der Waals surface area (Å²) in [5.74, 6) is -0.0559. The summed E-state index contributed by atoms with van der Waals surface area (Å²) in [6.07, 6.45) is 2.50. The van der Waals surface area contributed by atoms with E-state index in [9.17, 15) is 18.0 Å². The Hall–Kier alpha value is -3.07. The SMILES string of the molecule is COc1ccc(NS(=O)(=O)C2(C)CC(NC(=O)c3[nH]c(C)c(C(C)=O)c3C)=CCC2C)cc1. The zero-order valence-corrected chi connectivity index (χ0v) is 20.6. The van der Waals surface area contributed by atoms with E-state index in [0.717, 1.165) is 0 Å². The maximum Gasteiger partial charge on any atom is 0.272 e. The predicted molar refractivity (Wildman–Crippen MR) is 128 cm³/mol. The summed E-state index contributed by atoms with van der Waals surface area (Å²) in [6.45, 7) is 8.51. The Labute approximate surface area is 194 Å². The van der Waals surface area contributed by atoms with Crippen molar-refractivity contribution >= 4 is 27.4 Å². The first-order chi connectivity index (χ1) is 15.4. The van der Waals surface area contributed by atoms with Crippen LogP contribution in [0.5, 0.6) is 5.75 Å². The van der Waals surface area contributed by atoms with Crippen molar-refractivity contribution in [2.45, 2.75) is 52.2 Å². The van der Waals surface area contributed by atoms with Crippen LogP contribution in [0, 0.1) is 19.8 Å². The zero-order valence-electron chi connectivity index (χ0n) is 19.8. The molecule has 1 aliphatic rings. The standard InChI is InChI=1S/C24H31N3O5S/c1-14-7-8-19(26-23(29)22-15(2)21(17(4)28)16(3)25-22)13-24(14,5)33(30,31)27-18-9-11-20(32-6)12-10-18/h8-12,14,25,27H,7,13H2,1-6H3,(H,26,29). The molecule has 0 spiro atoms. The second-order valence-corrected chi connectivity index (χ2v) is 11.0. The molecular weight excluding hydrogens is 442 g/mol. The lowest BCUT2D eigenvalue weighted by Gasteiger charge is -2.38. The van der Waals surface area contributed by atoms with Gasteiger partial charge in [-0.15, -0.1) is 0 Å². The van der Waals surface area contributed by atoms with E-state index >= 15 is 0 Å². The molecule has 0 saturated carbocycles. The molecule has 2 unspecified atom stereocenters. The molecule has 8 nitrogen and oxygen atoms in total. The van der Waals surface area contributed by atoms with Gasteiger partial charge in [0.15, 0.2) is 5.78 Å². The van der Waals surface area contributed by atoms with E-state index in [1.54, 1.807) is 52.1 Å². The van der Waals surface area contributed by atoms with Crippen LogP contribution in [0.15, 0.2) is 36.0 Å². The second-order valence-electron chi connectivity index (χ2n) is 8.82. The van der Waals surface area contributed by atoms with E-state index in [1.807, 2.05) is 13.0 Å². The van der Waals surface area contributed by atoms with Crippen LogP contribution in [0.2, 0.25) is 0 Å². The first-order valence-electron chi connectivity index (χ1n) is 10.8. The lowest BCUT2D eigenvalue weighted by atomic mass is 9.83. The normalized spacial score (nSPS) is 20.7. The Morgan fingerprint density at radius 1 is 1.18 bits per heavy atom. The van der Waals surface area contributed by atoms with Crippen molar-refractivity contribution in [3.05, 3.63) is 58.6 Å². The molecular formula is C24H31N3O5S. The number of aromatic nitrogens is 1.